The molecule has 0 fully saturated rings. The molecule has 0 saturated carbocycles. The van der Waals surface area contributed by atoms with Crippen LogP contribution in [-0.4, -0.2) is 29.5 Å². The number of aromatic nitrogens is 1. The lowest BCUT2D eigenvalue weighted by Gasteiger charge is -1.97. The highest BCUT2D eigenvalue weighted by Crippen LogP contribution is 2.04. The second-order valence-electron chi connectivity index (χ2n) is 2.81. The van der Waals surface area contributed by atoms with E-state index in [1.807, 2.05) is 0 Å². The van der Waals surface area contributed by atoms with E-state index in [2.05, 4.69) is 10.5 Å². The van der Waals surface area contributed by atoms with E-state index in [0.717, 1.165) is 0 Å². The van der Waals surface area contributed by atoms with Crippen molar-refractivity contribution in [3.05, 3.63) is 17.5 Å². The third-order valence-corrected chi connectivity index (χ3v) is 1.87. The largest absolute Gasteiger partial charge is 0.461 e. The fourth-order valence-electron chi connectivity index (χ4n) is 0.930. The number of carbonyl (C=O) groups excluding carboxylic acids is 2. The lowest BCUT2D eigenvalue weighted by atomic mass is 10.3. The van der Waals surface area contributed by atoms with Gasteiger partial charge in [-0.2, -0.15) is 0 Å². The molecule has 0 radical (unpaired) electrons. The van der Waals surface area contributed by atoms with E-state index >= 15 is 0 Å². The molecule has 1 aromatic rings. The molecule has 0 spiro atoms. The van der Waals surface area contributed by atoms with Crippen LogP contribution in [0.3, 0.4) is 0 Å². The number of halogens is 1. The van der Waals surface area contributed by atoms with Gasteiger partial charge < -0.3 is 14.6 Å². The van der Waals surface area contributed by atoms with Gasteiger partial charge in [0.1, 0.15) is 5.88 Å². The van der Waals surface area contributed by atoms with Gasteiger partial charge in [-0.05, 0) is 6.92 Å². The summed E-state index contributed by atoms with van der Waals surface area (Å²) in [6.07, 6.45) is 0. The number of hydrogen-bond acceptors (Lipinski definition) is 5. The summed E-state index contributed by atoms with van der Waals surface area (Å²) in [6.45, 7) is 2.10. The Hall–Kier alpha value is -1.56. The van der Waals surface area contributed by atoms with Crippen LogP contribution in [0.2, 0.25) is 0 Å². The van der Waals surface area contributed by atoms with E-state index in [0.29, 0.717) is 5.76 Å². The van der Waals surface area contributed by atoms with E-state index < -0.39 is 5.97 Å². The first kappa shape index (κ1) is 12.5. The van der Waals surface area contributed by atoms with Crippen molar-refractivity contribution in [3.63, 3.8) is 0 Å². The molecule has 1 amide bonds. The molecule has 0 unspecified atom stereocenters. The normalized spacial score (nSPS) is 9.88. The molecule has 0 aliphatic heterocycles. The van der Waals surface area contributed by atoms with E-state index in [1.54, 1.807) is 6.92 Å². The standard InChI is InChI=1S/C9H11ClN2O4/c1-2-15-9(14)7-3-6(16-12-7)5-11-8(13)4-10/h3H,2,4-5H2,1H3,(H,11,13). The summed E-state index contributed by atoms with van der Waals surface area (Å²) in [7, 11) is 0. The van der Waals surface area contributed by atoms with Crippen LogP contribution in [0.15, 0.2) is 10.6 Å². The summed E-state index contributed by atoms with van der Waals surface area (Å²) in [5, 5.41) is 5.98. The molecule has 7 heteroatoms. The predicted octanol–water partition coefficient (Wildman–Crippen LogP) is 0.706. The Morgan fingerprint density at radius 3 is 3.00 bits per heavy atom. The first-order valence-corrected chi connectivity index (χ1v) is 5.16. The molecule has 0 saturated heterocycles. The van der Waals surface area contributed by atoms with Crippen molar-refractivity contribution in [2.75, 3.05) is 12.5 Å². The summed E-state index contributed by atoms with van der Waals surface area (Å²) in [6, 6.07) is 1.41. The van der Waals surface area contributed by atoms with Gasteiger partial charge in [-0.1, -0.05) is 5.16 Å². The third kappa shape index (κ3) is 3.54. The number of nitrogens with zero attached hydrogens (tertiary/aromatic N) is 1. The summed E-state index contributed by atoms with van der Waals surface area (Å²) in [5.41, 5.74) is 0.0805. The van der Waals surface area contributed by atoms with Gasteiger partial charge in [0.15, 0.2) is 11.5 Å². The lowest BCUT2D eigenvalue weighted by Crippen LogP contribution is -2.23. The summed E-state index contributed by atoms with van der Waals surface area (Å²) in [4.78, 5) is 22.0. The van der Waals surface area contributed by atoms with Gasteiger partial charge in [-0.25, -0.2) is 4.79 Å². The molecule has 0 aromatic carbocycles. The minimum absolute atomic E-state index is 0.0805. The molecule has 1 rings (SSSR count). The van der Waals surface area contributed by atoms with Gasteiger partial charge >= 0.3 is 5.97 Å². The summed E-state index contributed by atoms with van der Waals surface area (Å²) < 4.78 is 9.54. The highest BCUT2D eigenvalue weighted by molar-refractivity contribution is 6.27. The smallest absolute Gasteiger partial charge is 0.360 e. The molecule has 0 aliphatic rings. The highest BCUT2D eigenvalue weighted by Gasteiger charge is 2.13. The molecular formula is C9H11ClN2O4. The summed E-state index contributed by atoms with van der Waals surface area (Å²) in [5.74, 6) is -0.641. The molecule has 1 N–H and O–H groups in total. The lowest BCUT2D eigenvalue weighted by molar-refractivity contribution is -0.118. The zero-order valence-corrected chi connectivity index (χ0v) is 9.41. The van der Waals surface area contributed by atoms with Crippen LogP contribution in [0.5, 0.6) is 0 Å². The Bertz CT molecular complexity index is 377. The monoisotopic (exact) mass is 246 g/mol. The minimum atomic E-state index is -0.554. The fraction of sp³-hybridized carbons (Fsp3) is 0.444. The highest BCUT2D eigenvalue weighted by atomic mass is 35.5. The number of alkyl halides is 1. The van der Waals surface area contributed by atoms with Gasteiger partial charge in [0.05, 0.1) is 13.2 Å². The molecule has 1 heterocycles. The molecule has 1 aromatic heterocycles. The average Bonchev–Trinajstić information content (AvgIpc) is 2.75. The van der Waals surface area contributed by atoms with Crippen LogP contribution in [0, 0.1) is 0 Å². The van der Waals surface area contributed by atoms with Crippen LogP contribution in [0.4, 0.5) is 0 Å². The molecule has 0 aliphatic carbocycles. The molecule has 0 atom stereocenters. The second-order valence-corrected chi connectivity index (χ2v) is 3.08. The van der Waals surface area contributed by atoms with Crippen molar-refractivity contribution in [1.29, 1.82) is 0 Å². The zero-order chi connectivity index (χ0) is 12.0. The quantitative estimate of drug-likeness (QED) is 0.611. The minimum Gasteiger partial charge on any atom is -0.461 e. The van der Waals surface area contributed by atoms with Crippen molar-refractivity contribution in [3.8, 4) is 0 Å². The van der Waals surface area contributed by atoms with Crippen LogP contribution in [0.1, 0.15) is 23.2 Å². The number of ether oxygens (including phenoxy) is 1. The Kier molecular flexibility index (Phi) is 4.78. The molecule has 88 valence electrons. The second kappa shape index (κ2) is 6.12. The van der Waals surface area contributed by atoms with Gasteiger partial charge in [0.2, 0.25) is 5.91 Å². The maximum Gasteiger partial charge on any atom is 0.360 e. The van der Waals surface area contributed by atoms with Gasteiger partial charge in [0.25, 0.3) is 0 Å². The molecule has 0 bridgehead atoms. The topological polar surface area (TPSA) is 81.4 Å². The van der Waals surface area contributed by atoms with Crippen LogP contribution >= 0.6 is 11.6 Å². The number of rotatable bonds is 5. The first-order valence-electron chi connectivity index (χ1n) is 4.62. The van der Waals surface area contributed by atoms with Crippen molar-refractivity contribution < 1.29 is 18.8 Å². The Balaban J connectivity index is 2.51. The SMILES string of the molecule is CCOC(=O)c1cc(CNC(=O)CCl)on1. The maximum absolute atomic E-state index is 11.2. The van der Waals surface area contributed by atoms with Gasteiger partial charge in [-0.15, -0.1) is 11.6 Å². The van der Waals surface area contributed by atoms with Gasteiger partial charge in [-0.3, -0.25) is 4.79 Å². The summed E-state index contributed by atoms with van der Waals surface area (Å²) >= 11 is 5.28. The van der Waals surface area contributed by atoms with Crippen LogP contribution < -0.4 is 5.32 Å². The predicted molar refractivity (Wildman–Crippen MR) is 55.0 cm³/mol. The Morgan fingerprint density at radius 2 is 2.38 bits per heavy atom. The third-order valence-electron chi connectivity index (χ3n) is 1.62. The number of hydrogen-bond donors (Lipinski definition) is 1. The van der Waals surface area contributed by atoms with Crippen molar-refractivity contribution in [2.45, 2.75) is 13.5 Å². The van der Waals surface area contributed by atoms with E-state index in [4.69, 9.17) is 20.9 Å². The van der Waals surface area contributed by atoms with Crippen molar-refractivity contribution in [2.24, 2.45) is 0 Å². The average molecular weight is 247 g/mol. The Labute approximate surface area is 96.9 Å². The van der Waals surface area contributed by atoms with Crippen LogP contribution in [0.25, 0.3) is 0 Å². The Morgan fingerprint density at radius 1 is 1.62 bits per heavy atom. The maximum atomic E-state index is 11.2. The van der Waals surface area contributed by atoms with E-state index in [-0.39, 0.29) is 30.6 Å². The molecule has 6 nitrogen and oxygen atoms in total. The molecule has 16 heavy (non-hydrogen) atoms. The first-order chi connectivity index (χ1) is 7.67. The van der Waals surface area contributed by atoms with Crippen molar-refractivity contribution >= 4 is 23.5 Å². The number of nitrogens with one attached hydrogen (secondary N) is 1. The van der Waals surface area contributed by atoms with Crippen LogP contribution in [-0.2, 0) is 16.1 Å². The number of amides is 1. The van der Waals surface area contributed by atoms with E-state index in [1.165, 1.54) is 6.07 Å². The van der Waals surface area contributed by atoms with E-state index in [9.17, 15) is 9.59 Å². The molecular weight excluding hydrogens is 236 g/mol. The number of carbonyl (C=O) groups is 2. The fourth-order valence-corrected chi connectivity index (χ4v) is 1.02. The van der Waals surface area contributed by atoms with Crippen molar-refractivity contribution in [1.82, 2.24) is 10.5 Å². The van der Waals surface area contributed by atoms with Gasteiger partial charge in [0, 0.05) is 6.07 Å². The zero-order valence-electron chi connectivity index (χ0n) is 8.66. The number of esters is 1.